The number of aryl methyl sites for hydroxylation is 1. The van der Waals surface area contributed by atoms with Crippen LogP contribution >= 0.6 is 11.3 Å². The number of aromatic nitrogens is 1. The number of rotatable bonds is 5. The Balaban J connectivity index is 1.84. The SMILES string of the molecule is CCOC(=O)C1=C(C)N=c2s/c(=C\Nc3ccc(C)cc3)c(=O)n2[C@H]1c1ccccc1. The predicted octanol–water partition coefficient (Wildman–Crippen LogP) is 3.13. The molecule has 3 aromatic rings. The van der Waals surface area contributed by atoms with E-state index in [9.17, 15) is 9.59 Å². The molecule has 0 unspecified atom stereocenters. The molecule has 31 heavy (non-hydrogen) atoms. The van der Waals surface area contributed by atoms with E-state index in [1.54, 1.807) is 24.6 Å². The zero-order valence-corrected chi connectivity index (χ0v) is 18.4. The van der Waals surface area contributed by atoms with Crippen LogP contribution in [0.1, 0.15) is 31.0 Å². The van der Waals surface area contributed by atoms with Crippen LogP contribution in [0.2, 0.25) is 0 Å². The zero-order valence-electron chi connectivity index (χ0n) is 17.6. The van der Waals surface area contributed by atoms with Crippen LogP contribution in [-0.2, 0) is 9.53 Å². The summed E-state index contributed by atoms with van der Waals surface area (Å²) in [4.78, 5) is 31.3. The fraction of sp³-hybridized carbons (Fsp3) is 0.208. The maximum atomic E-state index is 13.4. The number of anilines is 1. The lowest BCUT2D eigenvalue weighted by molar-refractivity contribution is -0.139. The Morgan fingerprint density at radius 3 is 2.55 bits per heavy atom. The van der Waals surface area contributed by atoms with Gasteiger partial charge in [0, 0.05) is 11.9 Å². The first-order valence-corrected chi connectivity index (χ1v) is 10.9. The Morgan fingerprint density at radius 2 is 1.87 bits per heavy atom. The first-order valence-electron chi connectivity index (χ1n) is 10.1. The second kappa shape index (κ2) is 8.73. The minimum Gasteiger partial charge on any atom is -0.463 e. The number of allylic oxidation sites excluding steroid dienone is 1. The molecule has 2 heterocycles. The van der Waals surface area contributed by atoms with Crippen LogP contribution in [-0.4, -0.2) is 17.1 Å². The number of carbonyl (C=O) groups excluding carboxylic acids is 1. The van der Waals surface area contributed by atoms with Gasteiger partial charge >= 0.3 is 5.97 Å². The number of thiazole rings is 1. The smallest absolute Gasteiger partial charge is 0.338 e. The molecule has 0 aliphatic carbocycles. The molecule has 1 aromatic heterocycles. The van der Waals surface area contributed by atoms with Gasteiger partial charge in [0.05, 0.1) is 23.9 Å². The van der Waals surface area contributed by atoms with Crippen molar-refractivity contribution in [1.82, 2.24) is 4.57 Å². The van der Waals surface area contributed by atoms with E-state index in [2.05, 4.69) is 10.3 Å². The summed E-state index contributed by atoms with van der Waals surface area (Å²) in [6, 6.07) is 16.8. The number of hydrogen-bond donors (Lipinski definition) is 1. The van der Waals surface area contributed by atoms with Crippen molar-refractivity contribution in [3.05, 3.63) is 96.7 Å². The molecule has 158 valence electrons. The second-order valence-electron chi connectivity index (χ2n) is 7.22. The summed E-state index contributed by atoms with van der Waals surface area (Å²) in [5, 5.41) is 3.18. The summed E-state index contributed by atoms with van der Waals surface area (Å²) < 4.78 is 7.39. The van der Waals surface area contributed by atoms with E-state index in [4.69, 9.17) is 4.74 Å². The second-order valence-corrected chi connectivity index (χ2v) is 8.23. The Kier molecular flexibility index (Phi) is 5.86. The highest BCUT2D eigenvalue weighted by Crippen LogP contribution is 2.30. The van der Waals surface area contributed by atoms with Crippen LogP contribution in [0.3, 0.4) is 0 Å². The van der Waals surface area contributed by atoms with Crippen molar-refractivity contribution in [2.45, 2.75) is 26.8 Å². The molecule has 0 radical (unpaired) electrons. The van der Waals surface area contributed by atoms with Gasteiger partial charge in [0.2, 0.25) is 0 Å². The van der Waals surface area contributed by atoms with Crippen molar-refractivity contribution in [2.24, 2.45) is 4.99 Å². The lowest BCUT2D eigenvalue weighted by atomic mass is 9.96. The van der Waals surface area contributed by atoms with E-state index in [1.807, 2.05) is 61.5 Å². The number of esters is 1. The molecule has 0 fully saturated rings. The first-order chi connectivity index (χ1) is 15.0. The number of nitrogens with one attached hydrogen (secondary N) is 1. The third-order valence-corrected chi connectivity index (χ3v) is 6.04. The molecule has 0 saturated heterocycles. The molecule has 0 saturated carbocycles. The molecule has 1 N–H and O–H groups in total. The Morgan fingerprint density at radius 1 is 1.16 bits per heavy atom. The standard InChI is InChI=1S/C24H23N3O3S/c1-4-30-23(29)20-16(3)26-24-27(21(20)17-8-6-5-7-9-17)22(28)19(31-24)14-25-18-12-10-15(2)11-13-18/h5-14,21,25H,4H2,1-3H3/b19-14-/t21-/m0/s1. The largest absolute Gasteiger partial charge is 0.463 e. The summed E-state index contributed by atoms with van der Waals surface area (Å²) in [6.07, 6.45) is 1.69. The number of fused-ring (bicyclic) bond motifs is 1. The minimum absolute atomic E-state index is 0.202. The number of ether oxygens (including phenoxy) is 1. The highest BCUT2D eigenvalue weighted by Gasteiger charge is 2.33. The molecular formula is C24H23N3O3S. The molecule has 2 aromatic carbocycles. The normalized spacial score (nSPS) is 16.0. The number of hydrogen-bond acceptors (Lipinski definition) is 6. The van der Waals surface area contributed by atoms with E-state index < -0.39 is 12.0 Å². The van der Waals surface area contributed by atoms with Gasteiger partial charge in [-0.25, -0.2) is 9.79 Å². The summed E-state index contributed by atoms with van der Waals surface area (Å²) in [5.41, 5.74) is 3.63. The number of nitrogens with zero attached hydrogens (tertiary/aromatic N) is 2. The average Bonchev–Trinajstić information content (AvgIpc) is 3.08. The van der Waals surface area contributed by atoms with Gasteiger partial charge in [0.15, 0.2) is 4.80 Å². The Bertz CT molecular complexity index is 1320. The van der Waals surface area contributed by atoms with E-state index >= 15 is 0 Å². The van der Waals surface area contributed by atoms with Gasteiger partial charge in [-0.2, -0.15) is 0 Å². The molecule has 0 spiro atoms. The van der Waals surface area contributed by atoms with Crippen molar-refractivity contribution >= 4 is 29.2 Å². The topological polar surface area (TPSA) is 72.7 Å². The van der Waals surface area contributed by atoms with Crippen molar-refractivity contribution in [2.75, 3.05) is 11.9 Å². The van der Waals surface area contributed by atoms with E-state index in [1.165, 1.54) is 11.3 Å². The highest BCUT2D eigenvalue weighted by molar-refractivity contribution is 7.07. The van der Waals surface area contributed by atoms with Gasteiger partial charge in [0.25, 0.3) is 5.56 Å². The van der Waals surface area contributed by atoms with Gasteiger partial charge in [-0.3, -0.25) is 9.36 Å². The van der Waals surface area contributed by atoms with Crippen LogP contribution in [0.5, 0.6) is 0 Å². The first kappa shape index (κ1) is 20.8. The van der Waals surface area contributed by atoms with Gasteiger partial charge in [-0.05, 0) is 38.5 Å². The van der Waals surface area contributed by atoms with Crippen LogP contribution in [0.25, 0.3) is 6.20 Å². The maximum absolute atomic E-state index is 13.4. The van der Waals surface area contributed by atoms with Crippen LogP contribution in [0, 0.1) is 6.92 Å². The Labute approximate surface area is 183 Å². The molecule has 1 aliphatic rings. The fourth-order valence-corrected chi connectivity index (χ4v) is 4.51. The van der Waals surface area contributed by atoms with Gasteiger partial charge in [-0.15, -0.1) is 0 Å². The number of benzene rings is 2. The van der Waals surface area contributed by atoms with E-state index in [0.29, 0.717) is 20.6 Å². The zero-order chi connectivity index (χ0) is 22.0. The van der Waals surface area contributed by atoms with Crippen molar-refractivity contribution < 1.29 is 9.53 Å². The Hall–Kier alpha value is -3.45. The third-order valence-electron chi connectivity index (χ3n) is 5.05. The highest BCUT2D eigenvalue weighted by atomic mass is 32.1. The molecule has 7 heteroatoms. The van der Waals surface area contributed by atoms with Crippen molar-refractivity contribution in [1.29, 1.82) is 0 Å². The minimum atomic E-state index is -0.585. The van der Waals surface area contributed by atoms with E-state index in [-0.39, 0.29) is 12.2 Å². The summed E-state index contributed by atoms with van der Waals surface area (Å²) in [7, 11) is 0. The molecule has 0 amide bonds. The fourth-order valence-electron chi connectivity index (χ4n) is 3.54. The van der Waals surface area contributed by atoms with Gasteiger partial charge in [-0.1, -0.05) is 59.4 Å². The van der Waals surface area contributed by atoms with E-state index in [0.717, 1.165) is 16.8 Å². The summed E-state index contributed by atoms with van der Waals surface area (Å²) >= 11 is 1.29. The molecule has 1 aliphatic heterocycles. The molecular weight excluding hydrogens is 410 g/mol. The van der Waals surface area contributed by atoms with Crippen molar-refractivity contribution in [3.8, 4) is 0 Å². The number of carbonyl (C=O) groups is 1. The van der Waals surface area contributed by atoms with Gasteiger partial charge in [0.1, 0.15) is 4.53 Å². The third kappa shape index (κ3) is 4.09. The summed E-state index contributed by atoms with van der Waals surface area (Å²) in [5.74, 6) is -0.454. The molecule has 0 bridgehead atoms. The van der Waals surface area contributed by atoms with Crippen LogP contribution in [0.4, 0.5) is 5.69 Å². The van der Waals surface area contributed by atoms with Crippen LogP contribution in [0.15, 0.2) is 75.7 Å². The average molecular weight is 434 g/mol. The summed E-state index contributed by atoms with van der Waals surface area (Å²) in [6.45, 7) is 5.82. The van der Waals surface area contributed by atoms with Gasteiger partial charge < -0.3 is 10.1 Å². The van der Waals surface area contributed by atoms with Crippen LogP contribution < -0.4 is 20.2 Å². The maximum Gasteiger partial charge on any atom is 0.338 e. The molecule has 4 rings (SSSR count). The lowest BCUT2D eigenvalue weighted by Gasteiger charge is -2.24. The quantitative estimate of drug-likeness (QED) is 0.628. The van der Waals surface area contributed by atoms with Crippen molar-refractivity contribution in [3.63, 3.8) is 0 Å². The monoisotopic (exact) mass is 433 g/mol. The lowest BCUT2D eigenvalue weighted by Crippen LogP contribution is -2.40. The molecule has 1 atom stereocenters. The predicted molar refractivity (Wildman–Crippen MR) is 123 cm³/mol. The molecule has 6 nitrogen and oxygen atoms in total.